The Morgan fingerprint density at radius 3 is 3.06 bits per heavy atom. The Morgan fingerprint density at radius 2 is 2.31 bits per heavy atom. The Kier molecular flexibility index (Phi) is 2.15. The topological polar surface area (TPSA) is 29.5 Å². The maximum atomic E-state index is 9.37. The highest BCUT2D eigenvalue weighted by atomic mass is 16.5. The van der Waals surface area contributed by atoms with Crippen LogP contribution >= 0.6 is 0 Å². The van der Waals surface area contributed by atoms with Crippen LogP contribution < -0.4 is 4.74 Å². The molecule has 16 heavy (non-hydrogen) atoms. The molecule has 0 radical (unpaired) electrons. The van der Waals surface area contributed by atoms with Crippen molar-refractivity contribution < 1.29 is 9.84 Å². The van der Waals surface area contributed by atoms with Gasteiger partial charge in [-0.05, 0) is 24.8 Å². The third kappa shape index (κ3) is 1.19. The second-order valence-corrected chi connectivity index (χ2v) is 4.57. The van der Waals surface area contributed by atoms with Gasteiger partial charge in [0.15, 0.2) is 0 Å². The van der Waals surface area contributed by atoms with Gasteiger partial charge < -0.3 is 9.84 Å². The van der Waals surface area contributed by atoms with Gasteiger partial charge >= 0.3 is 0 Å². The average molecular weight is 214 g/mol. The Labute approximate surface area is 95.2 Å². The number of fused-ring (bicyclic) bond motifs is 3. The van der Waals surface area contributed by atoms with Crippen molar-refractivity contribution in [2.24, 2.45) is 5.92 Å². The molecule has 0 amide bonds. The first kappa shape index (κ1) is 9.74. The molecule has 1 aromatic rings. The van der Waals surface area contributed by atoms with Crippen LogP contribution in [0.2, 0.25) is 0 Å². The largest absolute Gasteiger partial charge is 0.488 e. The van der Waals surface area contributed by atoms with E-state index in [1.54, 1.807) is 0 Å². The summed E-state index contributed by atoms with van der Waals surface area (Å²) in [6.07, 6.45) is 7.75. The molecule has 3 atom stereocenters. The van der Waals surface area contributed by atoms with Gasteiger partial charge in [-0.15, -0.1) is 6.42 Å². The average Bonchev–Trinajstić information content (AvgIpc) is 2.86. The lowest BCUT2D eigenvalue weighted by molar-refractivity contribution is 0.186. The Bertz CT molecular complexity index is 458. The molecule has 0 saturated heterocycles. The highest BCUT2D eigenvalue weighted by Gasteiger charge is 2.44. The van der Waals surface area contributed by atoms with Crippen molar-refractivity contribution in [3.05, 3.63) is 29.3 Å². The standard InChI is InChI=1S/C14H14O2/c1-2-9-4-3-5-11-13-10(8-15)6-7-12(13)16-14(9)11/h1,3-5,10,12-13,15H,6-8H2. The van der Waals surface area contributed by atoms with Crippen LogP contribution in [0, 0.1) is 18.3 Å². The van der Waals surface area contributed by atoms with Gasteiger partial charge in [0.25, 0.3) is 0 Å². The smallest absolute Gasteiger partial charge is 0.138 e. The highest BCUT2D eigenvalue weighted by Crippen LogP contribution is 2.50. The summed E-state index contributed by atoms with van der Waals surface area (Å²) >= 11 is 0. The summed E-state index contributed by atoms with van der Waals surface area (Å²) in [6, 6.07) is 5.97. The number of aliphatic hydroxyl groups excluding tert-OH is 1. The molecule has 2 nitrogen and oxygen atoms in total. The third-order valence-electron chi connectivity index (χ3n) is 3.79. The molecule has 82 valence electrons. The van der Waals surface area contributed by atoms with Gasteiger partial charge in [0.05, 0.1) is 5.56 Å². The minimum Gasteiger partial charge on any atom is -0.488 e. The van der Waals surface area contributed by atoms with Crippen molar-refractivity contribution in [3.63, 3.8) is 0 Å². The Morgan fingerprint density at radius 1 is 1.44 bits per heavy atom. The molecule has 1 heterocycles. The Balaban J connectivity index is 2.08. The molecule has 1 fully saturated rings. The van der Waals surface area contributed by atoms with Crippen molar-refractivity contribution in [2.45, 2.75) is 24.9 Å². The van der Waals surface area contributed by atoms with Crippen LogP contribution in [0.1, 0.15) is 29.9 Å². The van der Waals surface area contributed by atoms with Crippen molar-refractivity contribution >= 4 is 0 Å². The fourth-order valence-corrected chi connectivity index (χ4v) is 3.05. The monoisotopic (exact) mass is 214 g/mol. The number of hydrogen-bond acceptors (Lipinski definition) is 2. The van der Waals surface area contributed by atoms with Crippen LogP contribution in [0.25, 0.3) is 0 Å². The fraction of sp³-hybridized carbons (Fsp3) is 0.429. The van der Waals surface area contributed by atoms with Crippen LogP contribution in [0.4, 0.5) is 0 Å². The molecule has 1 aliphatic heterocycles. The van der Waals surface area contributed by atoms with Crippen molar-refractivity contribution in [1.82, 2.24) is 0 Å². The minimum atomic E-state index is 0.224. The molecule has 0 aromatic heterocycles. The summed E-state index contributed by atoms with van der Waals surface area (Å²) < 4.78 is 5.93. The zero-order valence-electron chi connectivity index (χ0n) is 9.02. The van der Waals surface area contributed by atoms with E-state index < -0.39 is 0 Å². The summed E-state index contributed by atoms with van der Waals surface area (Å²) in [5, 5.41) is 9.37. The van der Waals surface area contributed by atoms with E-state index in [0.29, 0.717) is 11.8 Å². The number of rotatable bonds is 1. The zero-order chi connectivity index (χ0) is 11.1. The molecule has 2 aliphatic rings. The summed E-state index contributed by atoms with van der Waals surface area (Å²) in [5.41, 5.74) is 2.03. The van der Waals surface area contributed by atoms with Gasteiger partial charge in [-0.25, -0.2) is 0 Å². The van der Waals surface area contributed by atoms with E-state index in [-0.39, 0.29) is 12.7 Å². The number of para-hydroxylation sites is 1. The first-order chi connectivity index (χ1) is 7.85. The highest BCUT2D eigenvalue weighted by molar-refractivity contribution is 5.54. The van der Waals surface area contributed by atoms with E-state index in [0.717, 1.165) is 24.2 Å². The second kappa shape index (κ2) is 3.54. The Hall–Kier alpha value is -1.46. The van der Waals surface area contributed by atoms with Crippen LogP contribution in [-0.4, -0.2) is 17.8 Å². The third-order valence-corrected chi connectivity index (χ3v) is 3.79. The van der Waals surface area contributed by atoms with Crippen LogP contribution in [0.15, 0.2) is 18.2 Å². The van der Waals surface area contributed by atoms with Crippen LogP contribution in [-0.2, 0) is 0 Å². The lowest BCUT2D eigenvalue weighted by atomic mass is 9.88. The molecule has 1 aliphatic carbocycles. The van der Waals surface area contributed by atoms with E-state index in [2.05, 4.69) is 12.0 Å². The number of hydrogen-bond donors (Lipinski definition) is 1. The molecule has 0 bridgehead atoms. The second-order valence-electron chi connectivity index (χ2n) is 4.57. The molecule has 1 saturated carbocycles. The molecule has 0 spiro atoms. The number of ether oxygens (including phenoxy) is 1. The minimum absolute atomic E-state index is 0.224. The van der Waals surface area contributed by atoms with Gasteiger partial charge in [-0.2, -0.15) is 0 Å². The van der Waals surface area contributed by atoms with Gasteiger partial charge in [-0.3, -0.25) is 0 Å². The van der Waals surface area contributed by atoms with E-state index in [9.17, 15) is 5.11 Å². The van der Waals surface area contributed by atoms with Gasteiger partial charge in [0, 0.05) is 18.1 Å². The number of terminal acetylenes is 1. The van der Waals surface area contributed by atoms with Crippen LogP contribution in [0.3, 0.4) is 0 Å². The normalized spacial score (nSPS) is 30.4. The first-order valence-corrected chi connectivity index (χ1v) is 5.72. The number of benzene rings is 1. The number of aliphatic hydroxyl groups is 1. The fourth-order valence-electron chi connectivity index (χ4n) is 3.05. The quantitative estimate of drug-likeness (QED) is 0.724. The lowest BCUT2D eigenvalue weighted by Gasteiger charge is -2.14. The molecular weight excluding hydrogens is 200 g/mol. The van der Waals surface area contributed by atoms with E-state index >= 15 is 0 Å². The van der Waals surface area contributed by atoms with Gasteiger partial charge in [0.2, 0.25) is 0 Å². The molecule has 2 heteroatoms. The maximum Gasteiger partial charge on any atom is 0.138 e. The molecule has 3 rings (SSSR count). The van der Waals surface area contributed by atoms with Crippen molar-refractivity contribution in [3.8, 4) is 18.1 Å². The van der Waals surface area contributed by atoms with Crippen LogP contribution in [0.5, 0.6) is 5.75 Å². The molecule has 1 N–H and O–H groups in total. The predicted molar refractivity (Wildman–Crippen MR) is 61.3 cm³/mol. The van der Waals surface area contributed by atoms with Crippen molar-refractivity contribution in [2.75, 3.05) is 6.61 Å². The van der Waals surface area contributed by atoms with Gasteiger partial charge in [-0.1, -0.05) is 18.1 Å². The first-order valence-electron chi connectivity index (χ1n) is 5.72. The van der Waals surface area contributed by atoms with E-state index in [1.807, 2.05) is 12.1 Å². The molecule has 3 unspecified atom stereocenters. The predicted octanol–water partition coefficient (Wildman–Crippen LogP) is 1.91. The SMILES string of the molecule is C#Cc1cccc2c1OC1CCC(CO)C21. The van der Waals surface area contributed by atoms with E-state index in [1.165, 1.54) is 5.56 Å². The summed E-state index contributed by atoms with van der Waals surface area (Å²) in [5.74, 6) is 4.21. The summed E-state index contributed by atoms with van der Waals surface area (Å²) in [6.45, 7) is 0.240. The molecule has 1 aromatic carbocycles. The maximum absolute atomic E-state index is 9.37. The summed E-state index contributed by atoms with van der Waals surface area (Å²) in [4.78, 5) is 0. The lowest BCUT2D eigenvalue weighted by Crippen LogP contribution is -2.17. The molecular formula is C14H14O2. The summed E-state index contributed by atoms with van der Waals surface area (Å²) in [7, 11) is 0. The van der Waals surface area contributed by atoms with Gasteiger partial charge in [0.1, 0.15) is 11.9 Å². The van der Waals surface area contributed by atoms with Crippen molar-refractivity contribution in [1.29, 1.82) is 0 Å². The zero-order valence-corrected chi connectivity index (χ0v) is 9.02. The van der Waals surface area contributed by atoms with E-state index in [4.69, 9.17) is 11.2 Å².